The van der Waals surface area contributed by atoms with E-state index in [1.165, 1.54) is 23.9 Å². The third kappa shape index (κ3) is 8.72. The highest BCUT2D eigenvalue weighted by molar-refractivity contribution is 7.98. The Morgan fingerprint density at radius 2 is 1.93 bits per heavy atom. The first-order valence-electron chi connectivity index (χ1n) is 8.20. The molecule has 0 aliphatic heterocycles. The maximum Gasteiger partial charge on any atom is 0.635 e. The van der Waals surface area contributed by atoms with Crippen molar-refractivity contribution >= 4 is 54.1 Å². The Morgan fingerprint density at radius 1 is 1.26 bits per heavy atom. The molecule has 1 aromatic carbocycles. The fourth-order valence-corrected chi connectivity index (χ4v) is 3.18. The molecule has 150 valence electrons. The van der Waals surface area contributed by atoms with E-state index in [1.807, 2.05) is 13.8 Å². The van der Waals surface area contributed by atoms with Gasteiger partial charge in [-0.2, -0.15) is 11.8 Å². The number of halogens is 2. The molecule has 1 aromatic rings. The van der Waals surface area contributed by atoms with Crippen LogP contribution in [0.1, 0.15) is 30.6 Å². The molecule has 1 rings (SSSR count). The lowest BCUT2D eigenvalue weighted by Gasteiger charge is -2.24. The molecule has 2 amide bonds. The second-order valence-electron chi connectivity index (χ2n) is 6.19. The molecule has 27 heavy (non-hydrogen) atoms. The highest BCUT2D eigenvalue weighted by Crippen LogP contribution is 2.20. The van der Waals surface area contributed by atoms with Gasteiger partial charge in [0.1, 0.15) is 12.3 Å². The van der Waals surface area contributed by atoms with Crippen molar-refractivity contribution in [1.82, 2.24) is 10.6 Å². The average molecular weight is 437 g/mol. The highest BCUT2D eigenvalue weighted by atomic mass is 35.5. The molecular formula is C16H23BCl2N2O5S. The van der Waals surface area contributed by atoms with Crippen LogP contribution in [-0.4, -0.2) is 53.5 Å². The monoisotopic (exact) mass is 436 g/mol. The van der Waals surface area contributed by atoms with Crippen molar-refractivity contribution < 1.29 is 24.3 Å². The van der Waals surface area contributed by atoms with E-state index in [2.05, 4.69) is 10.6 Å². The fourth-order valence-electron chi connectivity index (χ4n) is 2.24. The molecular weight excluding hydrogens is 414 g/mol. The van der Waals surface area contributed by atoms with Gasteiger partial charge in [0.05, 0.1) is 10.6 Å². The summed E-state index contributed by atoms with van der Waals surface area (Å²) in [6.07, 6.45) is 1.25. The molecule has 0 aliphatic rings. The molecule has 0 heterocycles. The number of carbonyl (C=O) groups excluding carboxylic acids is 2. The van der Waals surface area contributed by atoms with Gasteiger partial charge in [-0.05, 0) is 36.8 Å². The Morgan fingerprint density at radius 3 is 2.48 bits per heavy atom. The molecule has 0 spiro atoms. The minimum absolute atomic E-state index is 0.132. The zero-order valence-corrected chi connectivity index (χ0v) is 17.6. The van der Waals surface area contributed by atoms with Crippen LogP contribution in [0.2, 0.25) is 10.0 Å². The largest absolute Gasteiger partial charge is 0.635 e. The summed E-state index contributed by atoms with van der Waals surface area (Å²) in [4.78, 5) is 25.1. The molecule has 0 bridgehead atoms. The molecule has 11 heteroatoms. The molecule has 4 N–H and O–H groups in total. The number of nitrogens with one attached hydrogen (secondary N) is 2. The maximum atomic E-state index is 12.6. The van der Waals surface area contributed by atoms with Gasteiger partial charge in [0.2, 0.25) is 5.91 Å². The summed E-state index contributed by atoms with van der Waals surface area (Å²) in [7, 11) is -2.02. The minimum Gasteiger partial charge on any atom is -0.402 e. The first kappa shape index (κ1) is 24.1. The number of benzene rings is 1. The normalized spacial score (nSPS) is 13.2. The van der Waals surface area contributed by atoms with Crippen LogP contribution in [0.15, 0.2) is 18.2 Å². The predicted octanol–water partition coefficient (Wildman–Crippen LogP) is 1.93. The van der Waals surface area contributed by atoms with Crippen molar-refractivity contribution in [1.29, 1.82) is 0 Å². The summed E-state index contributed by atoms with van der Waals surface area (Å²) >= 11 is 13.3. The lowest BCUT2D eigenvalue weighted by molar-refractivity contribution is -0.125. The molecule has 0 aliphatic carbocycles. The summed E-state index contributed by atoms with van der Waals surface area (Å²) in [5, 5.41) is 23.8. The minimum atomic E-state index is -2.02. The van der Waals surface area contributed by atoms with Crippen LogP contribution in [0, 0.1) is 5.92 Å². The predicted molar refractivity (Wildman–Crippen MR) is 109 cm³/mol. The van der Waals surface area contributed by atoms with Gasteiger partial charge in [0, 0.05) is 10.8 Å². The van der Waals surface area contributed by atoms with E-state index in [0.717, 1.165) is 0 Å². The third-order valence-electron chi connectivity index (χ3n) is 3.40. The van der Waals surface area contributed by atoms with Crippen LogP contribution < -0.4 is 10.6 Å². The van der Waals surface area contributed by atoms with E-state index in [-0.39, 0.29) is 16.5 Å². The number of carbonyl (C=O) groups is 2. The Hall–Kier alpha value is -0.965. The fraction of sp³-hybridized carbons (Fsp3) is 0.500. The van der Waals surface area contributed by atoms with Crippen LogP contribution in [0.3, 0.4) is 0 Å². The van der Waals surface area contributed by atoms with Crippen molar-refractivity contribution in [3.05, 3.63) is 33.8 Å². The van der Waals surface area contributed by atoms with Crippen LogP contribution >= 0.6 is 35.0 Å². The zero-order valence-electron chi connectivity index (χ0n) is 15.2. The lowest BCUT2D eigenvalue weighted by atomic mass is 10.1. The van der Waals surface area contributed by atoms with Gasteiger partial charge in [-0.1, -0.05) is 37.0 Å². The second kappa shape index (κ2) is 11.8. The van der Waals surface area contributed by atoms with Crippen molar-refractivity contribution in [3.63, 3.8) is 0 Å². The highest BCUT2D eigenvalue weighted by Gasteiger charge is 2.27. The smallest absolute Gasteiger partial charge is 0.402 e. The quantitative estimate of drug-likeness (QED) is 0.329. The molecule has 0 unspecified atom stereocenters. The summed E-state index contributed by atoms with van der Waals surface area (Å²) < 4.78 is 4.91. The number of amides is 2. The van der Waals surface area contributed by atoms with Crippen molar-refractivity contribution in [3.8, 4) is 0 Å². The van der Waals surface area contributed by atoms with Crippen molar-refractivity contribution in [2.75, 3.05) is 12.0 Å². The van der Waals surface area contributed by atoms with E-state index in [0.29, 0.717) is 17.2 Å². The van der Waals surface area contributed by atoms with Crippen LogP contribution in [0.5, 0.6) is 0 Å². The number of hydrogen-bond donors (Lipinski definition) is 4. The molecule has 0 fully saturated rings. The Labute approximate surface area is 173 Å². The van der Waals surface area contributed by atoms with Crippen LogP contribution in [0.4, 0.5) is 0 Å². The van der Waals surface area contributed by atoms with E-state index in [9.17, 15) is 9.59 Å². The number of thioether (sulfide) groups is 1. The van der Waals surface area contributed by atoms with Gasteiger partial charge >= 0.3 is 7.32 Å². The number of rotatable bonds is 10. The van der Waals surface area contributed by atoms with Crippen molar-refractivity contribution in [2.24, 2.45) is 5.92 Å². The summed E-state index contributed by atoms with van der Waals surface area (Å²) in [5.74, 6) is -0.624. The van der Waals surface area contributed by atoms with E-state index in [4.69, 9.17) is 37.9 Å². The van der Waals surface area contributed by atoms with Gasteiger partial charge in [0.15, 0.2) is 0 Å². The molecule has 0 radical (unpaired) electrons. The van der Waals surface area contributed by atoms with Crippen molar-refractivity contribution in [2.45, 2.75) is 32.5 Å². The Bertz CT molecular complexity index is 641. The summed E-state index contributed by atoms with van der Waals surface area (Å²) in [6.45, 7) is 3.79. The van der Waals surface area contributed by atoms with Gasteiger partial charge in [-0.25, -0.2) is 0 Å². The standard InChI is InChI=1S/C16H23BCl2N2O5S/c1-9(2)6-14(26-17(24)25)21-16(23)13(8-27-3)20-15(22)11-7-10(18)4-5-12(11)19/h4-5,7,9,13-14,24-25H,6,8H2,1-3H3,(H,20,22)(H,21,23)/t13-,14+/m0/s1. The summed E-state index contributed by atoms with van der Waals surface area (Å²) in [5.41, 5.74) is 0.156. The second-order valence-corrected chi connectivity index (χ2v) is 7.95. The van der Waals surface area contributed by atoms with Crippen LogP contribution in [0.25, 0.3) is 0 Å². The Balaban J connectivity index is 2.87. The van der Waals surface area contributed by atoms with Gasteiger partial charge in [-0.3, -0.25) is 9.59 Å². The molecule has 0 saturated heterocycles. The van der Waals surface area contributed by atoms with Crippen LogP contribution in [-0.2, 0) is 9.45 Å². The molecule has 0 aromatic heterocycles. The molecule has 2 atom stereocenters. The first-order valence-corrected chi connectivity index (χ1v) is 10.4. The SMILES string of the molecule is CSC[C@H](NC(=O)c1cc(Cl)ccc1Cl)C(=O)N[C@@H](CC(C)C)OB(O)O. The van der Waals surface area contributed by atoms with Gasteiger partial charge in [-0.15, -0.1) is 0 Å². The van der Waals surface area contributed by atoms with Gasteiger partial charge < -0.3 is 25.3 Å². The maximum absolute atomic E-state index is 12.6. The molecule has 0 saturated carbocycles. The topological polar surface area (TPSA) is 108 Å². The van der Waals surface area contributed by atoms with E-state index < -0.39 is 31.4 Å². The summed E-state index contributed by atoms with van der Waals surface area (Å²) in [6, 6.07) is 3.59. The number of hydrogen-bond acceptors (Lipinski definition) is 6. The average Bonchev–Trinajstić information content (AvgIpc) is 2.55. The Kier molecular flexibility index (Phi) is 10.5. The molecule has 7 nitrogen and oxygen atoms in total. The zero-order chi connectivity index (χ0) is 20.6. The van der Waals surface area contributed by atoms with E-state index >= 15 is 0 Å². The lowest BCUT2D eigenvalue weighted by Crippen LogP contribution is -2.52. The third-order valence-corrected chi connectivity index (χ3v) is 4.63. The first-order chi connectivity index (χ1) is 12.6. The van der Waals surface area contributed by atoms with E-state index in [1.54, 1.807) is 12.3 Å². The van der Waals surface area contributed by atoms with Gasteiger partial charge in [0.25, 0.3) is 5.91 Å².